The molecular weight excluding hydrogens is 300 g/mol. The van der Waals surface area contributed by atoms with Crippen molar-refractivity contribution < 1.29 is 16.8 Å². The van der Waals surface area contributed by atoms with E-state index in [2.05, 4.69) is 4.72 Å². The Hall–Kier alpha value is -0.960. The first-order chi connectivity index (χ1) is 9.29. The lowest BCUT2D eigenvalue weighted by molar-refractivity contribution is 0.297. The van der Waals surface area contributed by atoms with Gasteiger partial charge < -0.3 is 0 Å². The van der Waals surface area contributed by atoms with Crippen LogP contribution in [0.5, 0.6) is 0 Å². The first kappa shape index (κ1) is 15.4. The van der Waals surface area contributed by atoms with E-state index in [1.807, 2.05) is 0 Å². The van der Waals surface area contributed by atoms with E-state index in [4.69, 9.17) is 5.14 Å². The van der Waals surface area contributed by atoms with Crippen molar-refractivity contribution in [2.45, 2.75) is 35.5 Å². The number of benzene rings is 1. The molecule has 0 spiro atoms. The minimum Gasteiger partial charge on any atom is -0.225 e. The summed E-state index contributed by atoms with van der Waals surface area (Å²) in [6.45, 7) is 0.368. The SMILES string of the molecule is NS(=O)(=O)c1cccc(S(=O)(=O)NCCC2CCC2)c1. The van der Waals surface area contributed by atoms with Crippen LogP contribution in [0.3, 0.4) is 0 Å². The van der Waals surface area contributed by atoms with Gasteiger partial charge in [-0.05, 0) is 30.5 Å². The van der Waals surface area contributed by atoms with Gasteiger partial charge in [-0.25, -0.2) is 26.7 Å². The van der Waals surface area contributed by atoms with E-state index in [0.29, 0.717) is 12.5 Å². The summed E-state index contributed by atoms with van der Waals surface area (Å²) in [7, 11) is -7.60. The number of sulfonamides is 2. The fourth-order valence-electron chi connectivity index (χ4n) is 2.08. The molecule has 112 valence electrons. The fourth-order valence-corrected chi connectivity index (χ4v) is 3.81. The van der Waals surface area contributed by atoms with E-state index in [1.165, 1.54) is 24.6 Å². The predicted octanol–water partition coefficient (Wildman–Crippen LogP) is 0.802. The first-order valence-electron chi connectivity index (χ1n) is 6.41. The summed E-state index contributed by atoms with van der Waals surface area (Å²) >= 11 is 0. The highest BCUT2D eigenvalue weighted by atomic mass is 32.2. The fraction of sp³-hybridized carbons (Fsp3) is 0.500. The Balaban J connectivity index is 2.08. The highest BCUT2D eigenvalue weighted by molar-refractivity contribution is 7.90. The van der Waals surface area contributed by atoms with Crippen LogP contribution < -0.4 is 9.86 Å². The molecule has 0 amide bonds. The second-order valence-corrected chi connectivity index (χ2v) is 8.33. The van der Waals surface area contributed by atoms with E-state index in [-0.39, 0.29) is 9.79 Å². The van der Waals surface area contributed by atoms with Gasteiger partial charge in [-0.15, -0.1) is 0 Å². The number of hydrogen-bond acceptors (Lipinski definition) is 4. The molecule has 6 nitrogen and oxygen atoms in total. The molecular formula is C12H18N2O4S2. The molecule has 1 aromatic rings. The van der Waals surface area contributed by atoms with Crippen LogP contribution in [0, 0.1) is 5.92 Å². The van der Waals surface area contributed by atoms with Crippen molar-refractivity contribution in [3.63, 3.8) is 0 Å². The topological polar surface area (TPSA) is 106 Å². The van der Waals surface area contributed by atoms with Gasteiger partial charge in [0.25, 0.3) is 0 Å². The summed E-state index contributed by atoms with van der Waals surface area (Å²) in [6.07, 6.45) is 4.34. The van der Waals surface area contributed by atoms with Crippen LogP contribution in [-0.4, -0.2) is 23.4 Å². The van der Waals surface area contributed by atoms with Crippen molar-refractivity contribution in [2.75, 3.05) is 6.54 Å². The van der Waals surface area contributed by atoms with Crippen molar-refractivity contribution in [1.82, 2.24) is 4.72 Å². The molecule has 3 N–H and O–H groups in total. The van der Waals surface area contributed by atoms with Crippen molar-refractivity contribution >= 4 is 20.0 Å². The van der Waals surface area contributed by atoms with E-state index in [9.17, 15) is 16.8 Å². The largest absolute Gasteiger partial charge is 0.240 e. The zero-order chi connectivity index (χ0) is 14.8. The minimum atomic E-state index is -3.91. The molecule has 8 heteroatoms. The number of rotatable bonds is 6. The molecule has 0 unspecified atom stereocenters. The third-order valence-corrected chi connectivity index (χ3v) is 5.88. The standard InChI is InChI=1S/C12H18N2O4S2/c13-19(15,16)11-5-2-6-12(9-11)20(17,18)14-8-7-10-3-1-4-10/h2,5-6,9-10,14H,1,3-4,7-8H2,(H2,13,15,16). The zero-order valence-electron chi connectivity index (χ0n) is 10.9. The van der Waals surface area contributed by atoms with Crippen LogP contribution >= 0.6 is 0 Å². The van der Waals surface area contributed by atoms with Crippen LogP contribution in [0.15, 0.2) is 34.1 Å². The second kappa shape index (κ2) is 5.80. The predicted molar refractivity (Wildman–Crippen MR) is 75.0 cm³/mol. The van der Waals surface area contributed by atoms with E-state index < -0.39 is 20.0 Å². The smallest absolute Gasteiger partial charge is 0.225 e. The summed E-state index contributed by atoms with van der Waals surface area (Å²) in [5.41, 5.74) is 0. The zero-order valence-corrected chi connectivity index (χ0v) is 12.6. The molecule has 0 atom stereocenters. The molecule has 0 bridgehead atoms. The van der Waals surface area contributed by atoms with Gasteiger partial charge in [0, 0.05) is 6.54 Å². The lowest BCUT2D eigenvalue weighted by Gasteiger charge is -2.25. The molecule has 0 radical (unpaired) electrons. The average Bonchev–Trinajstić information content (AvgIpc) is 2.31. The maximum absolute atomic E-state index is 12.1. The van der Waals surface area contributed by atoms with Crippen molar-refractivity contribution in [3.05, 3.63) is 24.3 Å². The maximum Gasteiger partial charge on any atom is 0.240 e. The third kappa shape index (κ3) is 3.78. The van der Waals surface area contributed by atoms with Crippen LogP contribution in [0.4, 0.5) is 0 Å². The number of primary sulfonamides is 1. The Bertz CT molecular complexity index is 679. The number of nitrogens with one attached hydrogen (secondary N) is 1. The Morgan fingerprint density at radius 1 is 1.15 bits per heavy atom. The van der Waals surface area contributed by atoms with Crippen LogP contribution in [0.1, 0.15) is 25.7 Å². The van der Waals surface area contributed by atoms with Gasteiger partial charge in [0.05, 0.1) is 9.79 Å². The third-order valence-electron chi connectivity index (χ3n) is 3.51. The van der Waals surface area contributed by atoms with Crippen LogP contribution in [0.2, 0.25) is 0 Å². The Labute approximate surface area is 119 Å². The van der Waals surface area contributed by atoms with Gasteiger partial charge in [0.15, 0.2) is 0 Å². The highest BCUT2D eigenvalue weighted by Gasteiger charge is 2.20. The molecule has 1 aromatic carbocycles. The normalized spacial score (nSPS) is 16.9. The molecule has 1 saturated carbocycles. The highest BCUT2D eigenvalue weighted by Crippen LogP contribution is 2.28. The molecule has 0 saturated heterocycles. The summed E-state index contributed by atoms with van der Waals surface area (Å²) < 4.78 is 49.0. The van der Waals surface area contributed by atoms with Crippen molar-refractivity contribution in [1.29, 1.82) is 0 Å². The first-order valence-corrected chi connectivity index (χ1v) is 9.44. The van der Waals surface area contributed by atoms with Crippen molar-refractivity contribution in [3.8, 4) is 0 Å². The second-order valence-electron chi connectivity index (χ2n) is 5.00. The average molecular weight is 318 g/mol. The van der Waals surface area contributed by atoms with Crippen LogP contribution in [0.25, 0.3) is 0 Å². The van der Waals surface area contributed by atoms with E-state index in [1.54, 1.807) is 0 Å². The summed E-state index contributed by atoms with van der Waals surface area (Å²) in [5.74, 6) is 0.605. The number of hydrogen-bond donors (Lipinski definition) is 2. The quantitative estimate of drug-likeness (QED) is 0.809. The molecule has 0 aliphatic heterocycles. The molecule has 20 heavy (non-hydrogen) atoms. The molecule has 1 aliphatic rings. The molecule has 2 rings (SSSR count). The number of nitrogens with two attached hydrogens (primary N) is 1. The Kier molecular flexibility index (Phi) is 4.48. The van der Waals surface area contributed by atoms with E-state index >= 15 is 0 Å². The minimum absolute atomic E-state index is 0.0855. The summed E-state index contributed by atoms with van der Waals surface area (Å²) in [4.78, 5) is -0.294. The molecule has 0 heterocycles. The van der Waals surface area contributed by atoms with Crippen LogP contribution in [-0.2, 0) is 20.0 Å². The Morgan fingerprint density at radius 3 is 2.35 bits per heavy atom. The maximum atomic E-state index is 12.1. The van der Waals surface area contributed by atoms with E-state index in [0.717, 1.165) is 25.3 Å². The molecule has 1 fully saturated rings. The van der Waals surface area contributed by atoms with Gasteiger partial charge in [-0.1, -0.05) is 25.3 Å². The van der Waals surface area contributed by atoms with Gasteiger partial charge in [-0.2, -0.15) is 0 Å². The Morgan fingerprint density at radius 2 is 1.80 bits per heavy atom. The lowest BCUT2D eigenvalue weighted by Crippen LogP contribution is -2.27. The van der Waals surface area contributed by atoms with Gasteiger partial charge in [0.2, 0.25) is 20.0 Å². The lowest BCUT2D eigenvalue weighted by atomic mass is 9.83. The summed E-state index contributed by atoms with van der Waals surface area (Å²) in [5, 5.41) is 4.99. The van der Waals surface area contributed by atoms with Gasteiger partial charge in [0.1, 0.15) is 0 Å². The monoisotopic (exact) mass is 318 g/mol. The molecule has 0 aromatic heterocycles. The van der Waals surface area contributed by atoms with Gasteiger partial charge >= 0.3 is 0 Å². The van der Waals surface area contributed by atoms with Gasteiger partial charge in [-0.3, -0.25) is 0 Å². The summed E-state index contributed by atoms with van der Waals surface area (Å²) in [6, 6.07) is 5.05. The molecule has 1 aliphatic carbocycles. The van der Waals surface area contributed by atoms with Crippen molar-refractivity contribution in [2.24, 2.45) is 11.1 Å².